The second-order valence-corrected chi connectivity index (χ2v) is 10.5. The Balaban J connectivity index is 1.87. The SMILES string of the molecule is CC1CN(C(=O)/C=C/c2ccccc2F)C(=Nc2cccc(S(=O)(=O)N(C)C)c2)S1. The van der Waals surface area contributed by atoms with Crippen molar-refractivity contribution in [3.05, 3.63) is 66.0 Å². The van der Waals surface area contributed by atoms with Crippen molar-refractivity contribution in [3.63, 3.8) is 0 Å². The van der Waals surface area contributed by atoms with Crippen LogP contribution in [-0.2, 0) is 14.8 Å². The molecule has 1 unspecified atom stereocenters. The Morgan fingerprint density at radius 3 is 2.67 bits per heavy atom. The number of halogens is 1. The van der Waals surface area contributed by atoms with Crippen LogP contribution >= 0.6 is 11.8 Å². The molecule has 0 radical (unpaired) electrons. The molecule has 0 saturated carbocycles. The van der Waals surface area contributed by atoms with Crippen molar-refractivity contribution in [1.82, 2.24) is 9.21 Å². The number of sulfonamides is 1. The van der Waals surface area contributed by atoms with Gasteiger partial charge in [0.2, 0.25) is 10.0 Å². The summed E-state index contributed by atoms with van der Waals surface area (Å²) in [6.45, 7) is 2.43. The van der Waals surface area contributed by atoms with Gasteiger partial charge in [-0.2, -0.15) is 0 Å². The van der Waals surface area contributed by atoms with Gasteiger partial charge in [0.1, 0.15) is 5.82 Å². The Labute approximate surface area is 180 Å². The highest BCUT2D eigenvalue weighted by Crippen LogP contribution is 2.29. The molecule has 0 aromatic heterocycles. The molecule has 1 atom stereocenters. The number of hydrogen-bond acceptors (Lipinski definition) is 5. The molecule has 1 aliphatic heterocycles. The van der Waals surface area contributed by atoms with Gasteiger partial charge in [0.15, 0.2) is 5.17 Å². The molecule has 9 heteroatoms. The van der Waals surface area contributed by atoms with Crippen LogP contribution in [0.2, 0.25) is 0 Å². The zero-order valence-electron chi connectivity index (χ0n) is 16.8. The highest BCUT2D eigenvalue weighted by atomic mass is 32.2. The molecule has 1 heterocycles. The lowest BCUT2D eigenvalue weighted by Gasteiger charge is -2.14. The van der Waals surface area contributed by atoms with Crippen molar-refractivity contribution < 1.29 is 17.6 Å². The molecule has 2 aromatic carbocycles. The van der Waals surface area contributed by atoms with E-state index in [4.69, 9.17) is 0 Å². The van der Waals surface area contributed by atoms with Crippen LogP contribution in [-0.4, -0.2) is 54.6 Å². The van der Waals surface area contributed by atoms with Gasteiger partial charge in [-0.15, -0.1) is 0 Å². The molecule has 30 heavy (non-hydrogen) atoms. The number of hydrogen-bond donors (Lipinski definition) is 0. The lowest BCUT2D eigenvalue weighted by Crippen LogP contribution is -2.30. The number of nitrogens with zero attached hydrogens (tertiary/aromatic N) is 3. The zero-order valence-corrected chi connectivity index (χ0v) is 18.5. The molecule has 1 amide bonds. The van der Waals surface area contributed by atoms with E-state index in [1.54, 1.807) is 30.3 Å². The van der Waals surface area contributed by atoms with E-state index < -0.39 is 15.8 Å². The van der Waals surface area contributed by atoms with Gasteiger partial charge in [0, 0.05) is 37.5 Å². The minimum absolute atomic E-state index is 0.128. The Morgan fingerprint density at radius 1 is 1.23 bits per heavy atom. The monoisotopic (exact) mass is 447 g/mol. The van der Waals surface area contributed by atoms with Gasteiger partial charge >= 0.3 is 0 Å². The molecule has 0 N–H and O–H groups in total. The average Bonchev–Trinajstić information content (AvgIpc) is 3.07. The normalized spacial score (nSPS) is 18.6. The van der Waals surface area contributed by atoms with Crippen molar-refractivity contribution >= 4 is 44.6 Å². The number of aliphatic imine (C=N–C) groups is 1. The molecule has 1 fully saturated rings. The third-order valence-corrected chi connectivity index (χ3v) is 7.26. The smallest absolute Gasteiger partial charge is 0.252 e. The third-order valence-electron chi connectivity index (χ3n) is 4.37. The van der Waals surface area contributed by atoms with Crippen molar-refractivity contribution in [3.8, 4) is 0 Å². The standard InChI is InChI=1S/C21H22FN3O3S2/c1-15-14-25(20(26)12-11-16-7-4-5-10-19(16)22)21(29-15)23-17-8-6-9-18(13-17)30(27,28)24(2)3/h4-13,15H,14H2,1-3H3/b12-11+,23-21?. The average molecular weight is 448 g/mol. The quantitative estimate of drug-likeness (QED) is 0.655. The summed E-state index contributed by atoms with van der Waals surface area (Å²) in [7, 11) is -0.661. The molecule has 3 rings (SSSR count). The predicted molar refractivity (Wildman–Crippen MR) is 119 cm³/mol. The van der Waals surface area contributed by atoms with Gasteiger partial charge in [0.05, 0.1) is 10.6 Å². The number of rotatable bonds is 5. The van der Waals surface area contributed by atoms with Crippen LogP contribution in [0.4, 0.5) is 10.1 Å². The summed E-state index contributed by atoms with van der Waals surface area (Å²) >= 11 is 1.43. The number of thioether (sulfide) groups is 1. The minimum Gasteiger partial charge on any atom is -0.287 e. The molecule has 158 valence electrons. The number of carbonyl (C=O) groups is 1. The van der Waals surface area contributed by atoms with Gasteiger partial charge in [-0.3, -0.25) is 9.69 Å². The zero-order chi connectivity index (χ0) is 21.9. The number of benzene rings is 2. The number of carbonyl (C=O) groups excluding carboxylic acids is 1. The molecule has 6 nitrogen and oxygen atoms in total. The van der Waals surface area contributed by atoms with Crippen molar-refractivity contribution in [2.75, 3.05) is 20.6 Å². The van der Waals surface area contributed by atoms with Crippen LogP contribution in [0.5, 0.6) is 0 Å². The van der Waals surface area contributed by atoms with Gasteiger partial charge in [-0.1, -0.05) is 43.0 Å². The second-order valence-electron chi connectivity index (χ2n) is 6.91. The topological polar surface area (TPSA) is 70.0 Å². The Hall–Kier alpha value is -2.49. The summed E-state index contributed by atoms with van der Waals surface area (Å²) in [6.07, 6.45) is 2.76. The molecule has 1 aliphatic rings. The van der Waals surface area contributed by atoms with Crippen molar-refractivity contribution in [2.24, 2.45) is 4.99 Å². The van der Waals surface area contributed by atoms with Crippen LogP contribution < -0.4 is 0 Å². The summed E-state index contributed by atoms with van der Waals surface area (Å²) in [5.41, 5.74) is 0.760. The fourth-order valence-corrected chi connectivity index (χ4v) is 4.76. The van der Waals surface area contributed by atoms with E-state index in [1.807, 2.05) is 6.92 Å². The molecule has 0 spiro atoms. The first-order valence-corrected chi connectivity index (χ1v) is 11.5. The van der Waals surface area contributed by atoms with Crippen molar-refractivity contribution in [2.45, 2.75) is 17.1 Å². The summed E-state index contributed by atoms with van der Waals surface area (Å²) in [5.74, 6) is -0.718. The summed E-state index contributed by atoms with van der Waals surface area (Å²) in [6, 6.07) is 12.5. The van der Waals surface area contributed by atoms with E-state index >= 15 is 0 Å². The minimum atomic E-state index is -3.59. The van der Waals surface area contributed by atoms with Gasteiger partial charge in [-0.25, -0.2) is 22.1 Å². The highest BCUT2D eigenvalue weighted by Gasteiger charge is 2.29. The lowest BCUT2D eigenvalue weighted by atomic mass is 10.2. The van der Waals surface area contributed by atoms with E-state index in [0.717, 1.165) is 4.31 Å². The summed E-state index contributed by atoms with van der Waals surface area (Å²) < 4.78 is 39.6. The Morgan fingerprint density at radius 2 is 1.97 bits per heavy atom. The Bertz CT molecular complexity index is 1110. The second kappa shape index (κ2) is 9.11. The van der Waals surface area contributed by atoms with Gasteiger partial charge in [-0.05, 0) is 30.3 Å². The fourth-order valence-electron chi connectivity index (χ4n) is 2.78. The van der Waals surface area contributed by atoms with Crippen LogP contribution in [0.1, 0.15) is 12.5 Å². The van der Waals surface area contributed by atoms with Gasteiger partial charge < -0.3 is 0 Å². The van der Waals surface area contributed by atoms with E-state index in [0.29, 0.717) is 23.0 Å². The van der Waals surface area contributed by atoms with E-state index in [9.17, 15) is 17.6 Å². The number of amidine groups is 1. The van der Waals surface area contributed by atoms with E-state index in [-0.39, 0.29) is 16.1 Å². The van der Waals surface area contributed by atoms with Crippen LogP contribution in [0.25, 0.3) is 6.08 Å². The molecule has 1 saturated heterocycles. The van der Waals surface area contributed by atoms with E-state index in [1.165, 1.54) is 61.1 Å². The lowest BCUT2D eigenvalue weighted by molar-refractivity contribution is -0.122. The van der Waals surface area contributed by atoms with Crippen LogP contribution in [0.15, 0.2) is 64.5 Å². The highest BCUT2D eigenvalue weighted by molar-refractivity contribution is 8.14. The first kappa shape index (κ1) is 22.2. The third kappa shape index (κ3) is 4.97. The van der Waals surface area contributed by atoms with Crippen molar-refractivity contribution in [1.29, 1.82) is 0 Å². The molecule has 2 aromatic rings. The maximum absolute atomic E-state index is 13.8. The van der Waals surface area contributed by atoms with E-state index in [2.05, 4.69) is 4.99 Å². The van der Waals surface area contributed by atoms with Gasteiger partial charge in [0.25, 0.3) is 5.91 Å². The first-order valence-electron chi connectivity index (χ1n) is 9.20. The predicted octanol–water partition coefficient (Wildman–Crippen LogP) is 3.74. The molecular formula is C21H22FN3O3S2. The molecular weight excluding hydrogens is 425 g/mol. The summed E-state index contributed by atoms with van der Waals surface area (Å²) in [5, 5.41) is 0.605. The fraction of sp³-hybridized carbons (Fsp3) is 0.238. The van der Waals surface area contributed by atoms with Crippen LogP contribution in [0, 0.1) is 5.82 Å². The molecule has 0 aliphatic carbocycles. The Kier molecular flexibility index (Phi) is 6.74. The first-order chi connectivity index (χ1) is 14.2. The maximum atomic E-state index is 13.8. The molecule has 0 bridgehead atoms. The van der Waals surface area contributed by atoms with Crippen LogP contribution in [0.3, 0.4) is 0 Å². The largest absolute Gasteiger partial charge is 0.287 e. The number of amides is 1. The summed E-state index contributed by atoms with van der Waals surface area (Å²) in [4.78, 5) is 18.9. The maximum Gasteiger partial charge on any atom is 0.252 e.